The quantitative estimate of drug-likeness (QED) is 0.695. The Morgan fingerprint density at radius 2 is 1.96 bits per heavy atom. The number of ether oxygens (including phenoxy) is 1. The fourth-order valence-corrected chi connectivity index (χ4v) is 4.13. The van der Waals surface area contributed by atoms with Gasteiger partial charge in [0.15, 0.2) is 11.5 Å². The van der Waals surface area contributed by atoms with Gasteiger partial charge in [-0.2, -0.15) is 0 Å². The van der Waals surface area contributed by atoms with Crippen LogP contribution in [0.3, 0.4) is 0 Å². The lowest BCUT2D eigenvalue weighted by molar-refractivity contribution is -0.127. The molecule has 1 saturated heterocycles. The highest BCUT2D eigenvalue weighted by Gasteiger charge is 2.26. The predicted molar refractivity (Wildman–Crippen MR) is 113 cm³/mol. The topological polar surface area (TPSA) is 61.8 Å². The number of likely N-dealkylation sites (tertiary alicyclic amines) is 1. The van der Waals surface area contributed by atoms with Crippen LogP contribution in [0.4, 0.5) is 0 Å². The van der Waals surface area contributed by atoms with Crippen molar-refractivity contribution < 1.29 is 14.6 Å². The van der Waals surface area contributed by atoms with Crippen LogP contribution < -0.4 is 10.1 Å². The lowest BCUT2D eigenvalue weighted by Crippen LogP contribution is -2.40. The monoisotopic (exact) mass is 446 g/mol. The fraction of sp³-hybridized carbons (Fsp3) is 0.409. The molecule has 2 aromatic carbocycles. The molecule has 2 N–H and O–H groups in total. The molecule has 3 rings (SSSR count). The summed E-state index contributed by atoms with van der Waals surface area (Å²) in [4.78, 5) is 15.0. The number of phenols is 1. The average molecular weight is 447 g/mol. The summed E-state index contributed by atoms with van der Waals surface area (Å²) in [6.07, 6.45) is 1.70. The highest BCUT2D eigenvalue weighted by atomic mass is 79.9. The summed E-state index contributed by atoms with van der Waals surface area (Å²) in [6.45, 7) is 4.54. The third-order valence-electron chi connectivity index (χ3n) is 5.33. The van der Waals surface area contributed by atoms with Crippen molar-refractivity contribution in [2.45, 2.75) is 32.4 Å². The number of aromatic hydroxyl groups is 1. The third kappa shape index (κ3) is 5.06. The van der Waals surface area contributed by atoms with Crippen LogP contribution in [0.15, 0.2) is 46.9 Å². The van der Waals surface area contributed by atoms with Gasteiger partial charge >= 0.3 is 0 Å². The number of rotatable bonds is 6. The van der Waals surface area contributed by atoms with Crippen molar-refractivity contribution in [3.05, 3.63) is 58.1 Å². The minimum absolute atomic E-state index is 0.0218. The van der Waals surface area contributed by atoms with Crippen LogP contribution in [0, 0.1) is 5.92 Å². The Bertz CT molecular complexity index is 805. The molecule has 2 aromatic rings. The van der Waals surface area contributed by atoms with Gasteiger partial charge in [-0.3, -0.25) is 9.69 Å². The molecule has 0 bridgehead atoms. The van der Waals surface area contributed by atoms with E-state index in [1.807, 2.05) is 49.4 Å². The Morgan fingerprint density at radius 1 is 1.29 bits per heavy atom. The number of methoxy groups -OCH3 is 1. The number of hydrogen-bond donors (Lipinski definition) is 2. The normalized spacial score (nSPS) is 16.5. The zero-order chi connectivity index (χ0) is 20.1. The third-order valence-corrected chi connectivity index (χ3v) is 5.94. The smallest absolute Gasteiger partial charge is 0.223 e. The molecule has 150 valence electrons. The van der Waals surface area contributed by atoms with E-state index in [0.717, 1.165) is 43.6 Å². The van der Waals surface area contributed by atoms with E-state index in [0.29, 0.717) is 10.2 Å². The van der Waals surface area contributed by atoms with Gasteiger partial charge in [0, 0.05) is 12.5 Å². The highest BCUT2D eigenvalue weighted by Crippen LogP contribution is 2.35. The second kappa shape index (κ2) is 9.43. The van der Waals surface area contributed by atoms with E-state index in [9.17, 15) is 9.90 Å². The number of hydrogen-bond acceptors (Lipinski definition) is 4. The molecule has 0 spiro atoms. The molecule has 1 aliphatic rings. The Labute approximate surface area is 174 Å². The number of benzene rings is 2. The second-order valence-electron chi connectivity index (χ2n) is 7.32. The summed E-state index contributed by atoms with van der Waals surface area (Å²) in [5, 5.41) is 13.1. The fourth-order valence-electron chi connectivity index (χ4n) is 3.64. The summed E-state index contributed by atoms with van der Waals surface area (Å²) < 4.78 is 5.86. The van der Waals surface area contributed by atoms with Gasteiger partial charge < -0.3 is 15.2 Å². The molecule has 1 aliphatic heterocycles. The maximum atomic E-state index is 12.6. The summed E-state index contributed by atoms with van der Waals surface area (Å²) in [5.41, 5.74) is 2.20. The predicted octanol–water partition coefficient (Wildman–Crippen LogP) is 4.25. The maximum Gasteiger partial charge on any atom is 0.223 e. The van der Waals surface area contributed by atoms with Crippen molar-refractivity contribution in [2.24, 2.45) is 5.92 Å². The Kier molecular flexibility index (Phi) is 6.97. The van der Waals surface area contributed by atoms with Gasteiger partial charge in [0.05, 0.1) is 17.6 Å². The molecule has 5 nitrogen and oxygen atoms in total. The first-order chi connectivity index (χ1) is 13.5. The molecule has 0 saturated carbocycles. The second-order valence-corrected chi connectivity index (χ2v) is 8.17. The zero-order valence-corrected chi connectivity index (χ0v) is 17.9. The Morgan fingerprint density at radius 3 is 2.61 bits per heavy atom. The lowest BCUT2D eigenvalue weighted by atomic mass is 9.95. The van der Waals surface area contributed by atoms with Crippen molar-refractivity contribution in [1.29, 1.82) is 0 Å². The molecule has 1 heterocycles. The molecular formula is C22H27BrN2O3. The van der Waals surface area contributed by atoms with Crippen LogP contribution in [-0.2, 0) is 11.3 Å². The largest absolute Gasteiger partial charge is 0.503 e. The summed E-state index contributed by atoms with van der Waals surface area (Å²) >= 11 is 3.37. The molecule has 0 aromatic heterocycles. The average Bonchev–Trinajstić information content (AvgIpc) is 2.71. The van der Waals surface area contributed by atoms with Crippen LogP contribution in [0.25, 0.3) is 0 Å². The number of carbonyl (C=O) groups excluding carboxylic acids is 1. The van der Waals surface area contributed by atoms with E-state index in [2.05, 4.69) is 26.1 Å². The molecule has 1 unspecified atom stereocenters. The number of phenolic OH excluding ortho intramolecular Hbond substituents is 1. The minimum Gasteiger partial charge on any atom is -0.503 e. The molecule has 0 aliphatic carbocycles. The van der Waals surface area contributed by atoms with Crippen LogP contribution >= 0.6 is 15.9 Å². The van der Waals surface area contributed by atoms with E-state index in [1.54, 1.807) is 7.11 Å². The van der Waals surface area contributed by atoms with Crippen molar-refractivity contribution in [3.8, 4) is 11.5 Å². The van der Waals surface area contributed by atoms with Gasteiger partial charge in [-0.15, -0.1) is 0 Å². The number of piperidine rings is 1. The van der Waals surface area contributed by atoms with Gasteiger partial charge in [-0.25, -0.2) is 0 Å². The van der Waals surface area contributed by atoms with E-state index >= 15 is 0 Å². The first-order valence-corrected chi connectivity index (χ1v) is 10.4. The van der Waals surface area contributed by atoms with Gasteiger partial charge in [0.1, 0.15) is 0 Å². The van der Waals surface area contributed by atoms with E-state index in [1.165, 1.54) is 0 Å². The summed E-state index contributed by atoms with van der Waals surface area (Å²) in [7, 11) is 1.55. The molecule has 0 radical (unpaired) electrons. The standard InChI is InChI=1S/C22H27BrN2O3/c1-15(17-6-4-3-5-7-17)24-22(27)18-8-10-25(11-9-18)14-16-12-19(23)21(26)20(13-16)28-2/h3-7,12-13,15,18,26H,8-11,14H2,1-2H3,(H,24,27). The minimum atomic E-state index is 0.0218. The number of nitrogens with one attached hydrogen (secondary N) is 1. The van der Waals surface area contributed by atoms with Crippen molar-refractivity contribution >= 4 is 21.8 Å². The van der Waals surface area contributed by atoms with Crippen LogP contribution in [0.1, 0.15) is 36.9 Å². The SMILES string of the molecule is COc1cc(CN2CCC(C(=O)NC(C)c3ccccc3)CC2)cc(Br)c1O. The molecule has 6 heteroatoms. The maximum absolute atomic E-state index is 12.6. The summed E-state index contributed by atoms with van der Waals surface area (Å²) in [6, 6.07) is 13.8. The molecular weight excluding hydrogens is 420 g/mol. The van der Waals surface area contributed by atoms with Crippen LogP contribution in [0.2, 0.25) is 0 Å². The molecule has 28 heavy (non-hydrogen) atoms. The van der Waals surface area contributed by atoms with Crippen LogP contribution in [-0.4, -0.2) is 36.1 Å². The lowest BCUT2D eigenvalue weighted by Gasteiger charge is -2.32. The molecule has 1 atom stereocenters. The number of nitrogens with zero attached hydrogens (tertiary/aromatic N) is 1. The van der Waals surface area contributed by atoms with Crippen molar-refractivity contribution in [3.63, 3.8) is 0 Å². The first-order valence-electron chi connectivity index (χ1n) is 9.61. The van der Waals surface area contributed by atoms with E-state index in [-0.39, 0.29) is 23.6 Å². The van der Waals surface area contributed by atoms with Crippen molar-refractivity contribution in [2.75, 3.05) is 20.2 Å². The highest BCUT2D eigenvalue weighted by molar-refractivity contribution is 9.10. The van der Waals surface area contributed by atoms with Crippen molar-refractivity contribution in [1.82, 2.24) is 10.2 Å². The van der Waals surface area contributed by atoms with Crippen LogP contribution in [0.5, 0.6) is 11.5 Å². The number of amides is 1. The van der Waals surface area contributed by atoms with Gasteiger partial charge in [-0.05, 0) is 72.0 Å². The Balaban J connectivity index is 1.52. The van der Waals surface area contributed by atoms with E-state index < -0.39 is 0 Å². The number of halogens is 1. The molecule has 1 fully saturated rings. The number of carbonyl (C=O) groups is 1. The van der Waals surface area contributed by atoms with Gasteiger partial charge in [0.25, 0.3) is 0 Å². The van der Waals surface area contributed by atoms with E-state index in [4.69, 9.17) is 4.74 Å². The molecule has 1 amide bonds. The Hall–Kier alpha value is -2.05. The zero-order valence-electron chi connectivity index (χ0n) is 16.3. The first kappa shape index (κ1) is 20.7. The van der Waals surface area contributed by atoms with Gasteiger partial charge in [0.2, 0.25) is 5.91 Å². The summed E-state index contributed by atoms with van der Waals surface area (Å²) in [5.74, 6) is 0.788. The van der Waals surface area contributed by atoms with Gasteiger partial charge in [-0.1, -0.05) is 30.3 Å².